The van der Waals surface area contributed by atoms with Crippen molar-refractivity contribution in [3.63, 3.8) is 0 Å². The van der Waals surface area contributed by atoms with Gasteiger partial charge in [0.25, 0.3) is 0 Å². The first-order chi connectivity index (χ1) is 7.22. The van der Waals surface area contributed by atoms with Crippen LogP contribution < -0.4 is 0 Å². The highest BCUT2D eigenvalue weighted by atomic mass is 16.5. The Bertz CT molecular complexity index is 388. The summed E-state index contributed by atoms with van der Waals surface area (Å²) >= 11 is 0. The summed E-state index contributed by atoms with van der Waals surface area (Å²) in [6, 6.07) is 0. The number of carbonyl (C=O) groups is 1. The molecule has 1 aromatic heterocycles. The lowest BCUT2D eigenvalue weighted by Crippen LogP contribution is -2.17. The molecule has 0 saturated heterocycles. The minimum atomic E-state index is 0.232. The highest BCUT2D eigenvalue weighted by Crippen LogP contribution is 2.19. The van der Waals surface area contributed by atoms with Gasteiger partial charge in [0.1, 0.15) is 11.5 Å². The number of nitrogens with zero attached hydrogens (tertiary/aromatic N) is 2. The largest absolute Gasteiger partial charge is 0.375 e. The Balaban J connectivity index is 2.52. The van der Waals surface area contributed by atoms with Crippen LogP contribution in [0.4, 0.5) is 0 Å². The molecule has 4 heteroatoms. The minimum Gasteiger partial charge on any atom is -0.375 e. The molecule has 0 radical (unpaired) electrons. The smallest absolute Gasteiger partial charge is 0.168 e. The number of ether oxygens (including phenoxy) is 1. The summed E-state index contributed by atoms with van der Waals surface area (Å²) in [5, 5.41) is 0. The van der Waals surface area contributed by atoms with Gasteiger partial charge in [-0.05, 0) is 6.42 Å². The second kappa shape index (κ2) is 4.06. The van der Waals surface area contributed by atoms with E-state index >= 15 is 0 Å². The van der Waals surface area contributed by atoms with Crippen LogP contribution in [0, 0.1) is 0 Å². The zero-order valence-electron chi connectivity index (χ0n) is 8.99. The highest BCUT2D eigenvalue weighted by Gasteiger charge is 2.18. The monoisotopic (exact) mass is 206 g/mol. The van der Waals surface area contributed by atoms with E-state index < -0.39 is 0 Å². The number of carbonyl (C=O) groups excluding carboxylic acids is 1. The molecule has 0 bridgehead atoms. The summed E-state index contributed by atoms with van der Waals surface area (Å²) in [6.07, 6.45) is 1.56. The molecule has 2 heterocycles. The molecule has 1 aliphatic heterocycles. The predicted octanol–water partition coefficient (Wildman–Crippen LogP) is 1.49. The van der Waals surface area contributed by atoms with E-state index in [2.05, 4.69) is 9.97 Å². The molecule has 1 aliphatic rings. The van der Waals surface area contributed by atoms with E-state index in [0.29, 0.717) is 18.9 Å². The molecule has 4 nitrogen and oxygen atoms in total. The molecular weight excluding hydrogens is 192 g/mol. The lowest BCUT2D eigenvalue weighted by atomic mass is 10.1. The van der Waals surface area contributed by atoms with Crippen LogP contribution in [-0.4, -0.2) is 22.9 Å². The molecule has 0 fully saturated rings. The maximum atomic E-state index is 10.9. The molecule has 0 aromatic carbocycles. The standard InChI is InChI=1S/C11H14N2O2/c1-7(2)11-12-9(5-14)8-3-4-15-6-10(8)13-11/h5,7H,3-4,6H2,1-2H3. The van der Waals surface area contributed by atoms with Gasteiger partial charge in [-0.2, -0.15) is 0 Å². The third-order valence-corrected chi connectivity index (χ3v) is 2.51. The summed E-state index contributed by atoms with van der Waals surface area (Å²) in [4.78, 5) is 19.6. The van der Waals surface area contributed by atoms with Crippen molar-refractivity contribution < 1.29 is 9.53 Å². The molecule has 15 heavy (non-hydrogen) atoms. The summed E-state index contributed by atoms with van der Waals surface area (Å²) < 4.78 is 5.32. The van der Waals surface area contributed by atoms with Crippen molar-refractivity contribution in [2.45, 2.75) is 32.8 Å². The van der Waals surface area contributed by atoms with E-state index in [1.54, 1.807) is 0 Å². The molecule has 80 valence electrons. The normalized spacial score (nSPS) is 15.1. The number of rotatable bonds is 2. The maximum absolute atomic E-state index is 10.9. The first kappa shape index (κ1) is 10.2. The van der Waals surface area contributed by atoms with Gasteiger partial charge in [-0.1, -0.05) is 13.8 Å². The van der Waals surface area contributed by atoms with Crippen LogP contribution in [-0.2, 0) is 17.8 Å². The van der Waals surface area contributed by atoms with Gasteiger partial charge in [0.2, 0.25) is 0 Å². The molecule has 0 aliphatic carbocycles. The molecule has 0 N–H and O–H groups in total. The van der Waals surface area contributed by atoms with Crippen LogP contribution >= 0.6 is 0 Å². The van der Waals surface area contributed by atoms with Crippen molar-refractivity contribution in [2.24, 2.45) is 0 Å². The zero-order valence-corrected chi connectivity index (χ0v) is 8.99. The van der Waals surface area contributed by atoms with E-state index in [1.807, 2.05) is 13.8 Å². The Morgan fingerprint density at radius 3 is 2.87 bits per heavy atom. The van der Waals surface area contributed by atoms with Gasteiger partial charge in [-0.3, -0.25) is 4.79 Å². The third kappa shape index (κ3) is 1.90. The Hall–Kier alpha value is -1.29. The van der Waals surface area contributed by atoms with Gasteiger partial charge < -0.3 is 4.74 Å². The van der Waals surface area contributed by atoms with Crippen LogP contribution in [0.1, 0.15) is 47.3 Å². The van der Waals surface area contributed by atoms with Gasteiger partial charge in [0.15, 0.2) is 6.29 Å². The SMILES string of the molecule is CC(C)c1nc(C=O)c2c(n1)COCC2. The number of aldehydes is 1. The van der Waals surface area contributed by atoms with Gasteiger partial charge in [-0.15, -0.1) is 0 Å². The Labute approximate surface area is 88.7 Å². The second-order valence-corrected chi connectivity index (χ2v) is 3.97. The van der Waals surface area contributed by atoms with Crippen molar-refractivity contribution in [3.05, 3.63) is 22.8 Å². The summed E-state index contributed by atoms with van der Waals surface area (Å²) in [6.45, 7) is 5.18. The average Bonchev–Trinajstić information content (AvgIpc) is 2.27. The molecule has 0 spiro atoms. The van der Waals surface area contributed by atoms with E-state index in [0.717, 1.165) is 29.8 Å². The minimum absolute atomic E-state index is 0.232. The summed E-state index contributed by atoms with van der Waals surface area (Å²) in [5.74, 6) is 0.956. The van der Waals surface area contributed by atoms with E-state index in [1.165, 1.54) is 0 Å². The van der Waals surface area contributed by atoms with Crippen molar-refractivity contribution in [1.29, 1.82) is 0 Å². The number of fused-ring (bicyclic) bond motifs is 1. The molecule has 0 saturated carbocycles. The third-order valence-electron chi connectivity index (χ3n) is 2.51. The fraction of sp³-hybridized carbons (Fsp3) is 0.545. The predicted molar refractivity (Wildman–Crippen MR) is 54.9 cm³/mol. The topological polar surface area (TPSA) is 52.1 Å². The van der Waals surface area contributed by atoms with Crippen LogP contribution in [0.15, 0.2) is 0 Å². The first-order valence-corrected chi connectivity index (χ1v) is 5.15. The molecular formula is C11H14N2O2. The maximum Gasteiger partial charge on any atom is 0.168 e. The molecule has 2 rings (SSSR count). The zero-order chi connectivity index (χ0) is 10.8. The van der Waals surface area contributed by atoms with Crippen molar-refractivity contribution in [2.75, 3.05) is 6.61 Å². The molecule has 0 amide bonds. The summed E-state index contributed by atoms with van der Waals surface area (Å²) in [5.41, 5.74) is 2.37. The van der Waals surface area contributed by atoms with Gasteiger partial charge in [0, 0.05) is 11.5 Å². The van der Waals surface area contributed by atoms with E-state index in [-0.39, 0.29) is 5.92 Å². The second-order valence-electron chi connectivity index (χ2n) is 3.97. The fourth-order valence-corrected chi connectivity index (χ4v) is 1.66. The fourth-order valence-electron chi connectivity index (χ4n) is 1.66. The van der Waals surface area contributed by atoms with Crippen LogP contribution in [0.3, 0.4) is 0 Å². The van der Waals surface area contributed by atoms with E-state index in [4.69, 9.17) is 4.74 Å². The van der Waals surface area contributed by atoms with Crippen molar-refractivity contribution in [1.82, 2.24) is 9.97 Å². The quantitative estimate of drug-likeness (QED) is 0.688. The summed E-state index contributed by atoms with van der Waals surface area (Å²) in [7, 11) is 0. The number of hydrogen-bond donors (Lipinski definition) is 0. The van der Waals surface area contributed by atoms with Crippen LogP contribution in [0.2, 0.25) is 0 Å². The number of hydrogen-bond acceptors (Lipinski definition) is 4. The van der Waals surface area contributed by atoms with Crippen molar-refractivity contribution in [3.8, 4) is 0 Å². The van der Waals surface area contributed by atoms with Crippen molar-refractivity contribution >= 4 is 6.29 Å². The number of aromatic nitrogens is 2. The lowest BCUT2D eigenvalue weighted by Gasteiger charge is -2.18. The molecule has 0 atom stereocenters. The Morgan fingerprint density at radius 2 is 2.20 bits per heavy atom. The molecule has 1 aromatic rings. The van der Waals surface area contributed by atoms with Gasteiger partial charge in [-0.25, -0.2) is 9.97 Å². The first-order valence-electron chi connectivity index (χ1n) is 5.15. The average molecular weight is 206 g/mol. The van der Waals surface area contributed by atoms with Gasteiger partial charge >= 0.3 is 0 Å². The molecule has 0 unspecified atom stereocenters. The highest BCUT2D eigenvalue weighted by molar-refractivity contribution is 5.74. The van der Waals surface area contributed by atoms with Crippen LogP contribution in [0.5, 0.6) is 0 Å². The Morgan fingerprint density at radius 1 is 1.40 bits per heavy atom. The van der Waals surface area contributed by atoms with E-state index in [9.17, 15) is 4.79 Å². The van der Waals surface area contributed by atoms with Gasteiger partial charge in [0.05, 0.1) is 18.9 Å². The Kier molecular flexibility index (Phi) is 2.77. The van der Waals surface area contributed by atoms with Crippen LogP contribution in [0.25, 0.3) is 0 Å². The lowest BCUT2D eigenvalue weighted by molar-refractivity contribution is 0.104.